The minimum absolute atomic E-state index is 0.0502. The van der Waals surface area contributed by atoms with Crippen molar-refractivity contribution in [1.82, 2.24) is 0 Å². The summed E-state index contributed by atoms with van der Waals surface area (Å²) in [5.74, 6) is -0.576. The van der Waals surface area contributed by atoms with Crippen LogP contribution in [0.5, 0.6) is 0 Å². The molecular weight excluding hydrogens is 346 g/mol. The van der Waals surface area contributed by atoms with E-state index in [1.54, 1.807) is 0 Å². The largest absolute Gasteiger partial charge is 0.294 e. The molecule has 26 heavy (non-hydrogen) atoms. The number of ketones is 2. The summed E-state index contributed by atoms with van der Waals surface area (Å²) >= 11 is 6.23. The predicted molar refractivity (Wildman–Crippen MR) is 101 cm³/mol. The molecule has 128 valence electrons. The first-order chi connectivity index (χ1) is 12.6. The number of nitrogens with zero attached hydrogens (tertiary/aromatic N) is 1. The van der Waals surface area contributed by atoms with Crippen LogP contribution in [0.4, 0.5) is 0 Å². The van der Waals surface area contributed by atoms with E-state index in [2.05, 4.69) is 0 Å². The summed E-state index contributed by atoms with van der Waals surface area (Å²) < 4.78 is 0. The van der Waals surface area contributed by atoms with Gasteiger partial charge in [0.1, 0.15) is 0 Å². The Kier molecular flexibility index (Phi) is 3.47. The number of aliphatic imine (C=N–C) groups is 1. The van der Waals surface area contributed by atoms with Crippen LogP contribution < -0.4 is 0 Å². The first kappa shape index (κ1) is 15.7. The van der Waals surface area contributed by atoms with E-state index in [1.807, 2.05) is 48.5 Å². The lowest BCUT2D eigenvalue weighted by atomic mass is 9.71. The van der Waals surface area contributed by atoms with Crippen molar-refractivity contribution in [3.63, 3.8) is 0 Å². The van der Waals surface area contributed by atoms with Gasteiger partial charge in [0.25, 0.3) is 0 Å². The molecule has 0 unspecified atom stereocenters. The molecule has 3 aliphatic rings. The summed E-state index contributed by atoms with van der Waals surface area (Å²) in [6.07, 6.45) is 2.12. The second-order valence-electron chi connectivity index (χ2n) is 7.05. The average molecular weight is 362 g/mol. The van der Waals surface area contributed by atoms with Crippen LogP contribution in [0.1, 0.15) is 46.7 Å². The number of carbonyl (C=O) groups excluding carboxylic acids is 2. The lowest BCUT2D eigenvalue weighted by molar-refractivity contribution is -0.116. The third kappa shape index (κ3) is 2.17. The van der Waals surface area contributed by atoms with E-state index in [9.17, 15) is 9.59 Å². The molecule has 3 nitrogen and oxygen atoms in total. The lowest BCUT2D eigenvalue weighted by Crippen LogP contribution is -2.33. The maximum absolute atomic E-state index is 13.2. The smallest absolute Gasteiger partial charge is 0.173 e. The van der Waals surface area contributed by atoms with Crippen molar-refractivity contribution in [3.8, 4) is 0 Å². The third-order valence-corrected chi connectivity index (χ3v) is 5.82. The molecule has 2 aliphatic carbocycles. The first-order valence-corrected chi connectivity index (χ1v) is 9.27. The van der Waals surface area contributed by atoms with Gasteiger partial charge in [-0.1, -0.05) is 48.0 Å². The van der Waals surface area contributed by atoms with Gasteiger partial charge in [-0.3, -0.25) is 14.6 Å². The molecule has 2 atom stereocenters. The van der Waals surface area contributed by atoms with Gasteiger partial charge in [-0.2, -0.15) is 0 Å². The van der Waals surface area contributed by atoms with Gasteiger partial charge < -0.3 is 0 Å². The molecule has 0 aromatic heterocycles. The summed E-state index contributed by atoms with van der Waals surface area (Å²) in [6.45, 7) is 0. The van der Waals surface area contributed by atoms with Gasteiger partial charge in [0.15, 0.2) is 11.6 Å². The van der Waals surface area contributed by atoms with Crippen molar-refractivity contribution >= 4 is 28.9 Å². The van der Waals surface area contributed by atoms with E-state index in [0.29, 0.717) is 22.6 Å². The zero-order chi connectivity index (χ0) is 17.8. The molecule has 0 spiro atoms. The summed E-state index contributed by atoms with van der Waals surface area (Å²) in [6, 6.07) is 15.1. The van der Waals surface area contributed by atoms with Crippen LogP contribution in [0.15, 0.2) is 64.8 Å². The Morgan fingerprint density at radius 3 is 2.54 bits per heavy atom. The van der Waals surface area contributed by atoms with Gasteiger partial charge >= 0.3 is 0 Å². The van der Waals surface area contributed by atoms with E-state index in [-0.39, 0.29) is 17.5 Å². The predicted octanol–water partition coefficient (Wildman–Crippen LogP) is 4.75. The number of Topliss-reactive ketones (excluding diaryl/α,β-unsaturated/α-hetero) is 2. The maximum Gasteiger partial charge on any atom is 0.173 e. The van der Waals surface area contributed by atoms with E-state index in [1.165, 1.54) is 0 Å². The second kappa shape index (κ2) is 5.75. The van der Waals surface area contributed by atoms with Crippen LogP contribution in [0.2, 0.25) is 5.02 Å². The zero-order valence-electron chi connectivity index (χ0n) is 14.0. The number of benzene rings is 2. The van der Waals surface area contributed by atoms with Crippen LogP contribution in [-0.4, -0.2) is 17.3 Å². The molecule has 0 saturated carbocycles. The zero-order valence-corrected chi connectivity index (χ0v) is 14.8. The highest BCUT2D eigenvalue weighted by Crippen LogP contribution is 2.48. The number of fused-ring (bicyclic) bond motifs is 3. The van der Waals surface area contributed by atoms with Crippen LogP contribution in [0.3, 0.4) is 0 Å². The lowest BCUT2D eigenvalue weighted by Gasteiger charge is -2.33. The molecule has 1 heterocycles. The first-order valence-electron chi connectivity index (χ1n) is 8.89. The molecular formula is C22H16ClNO2. The van der Waals surface area contributed by atoms with Crippen LogP contribution in [0, 0.1) is 5.92 Å². The van der Waals surface area contributed by atoms with E-state index in [4.69, 9.17) is 16.6 Å². The summed E-state index contributed by atoms with van der Waals surface area (Å²) in [5.41, 5.74) is 4.90. The van der Waals surface area contributed by atoms with Crippen molar-refractivity contribution in [1.29, 1.82) is 0 Å². The molecule has 0 N–H and O–H groups in total. The number of halogens is 1. The van der Waals surface area contributed by atoms with Crippen LogP contribution >= 0.6 is 11.6 Å². The summed E-state index contributed by atoms with van der Waals surface area (Å²) in [5, 5.41) is 0.611. The van der Waals surface area contributed by atoms with Gasteiger partial charge in [0.2, 0.25) is 0 Å². The Morgan fingerprint density at radius 1 is 0.923 bits per heavy atom. The number of hydrogen-bond donors (Lipinski definition) is 0. The number of hydrogen-bond acceptors (Lipinski definition) is 3. The minimum atomic E-state index is -0.438. The van der Waals surface area contributed by atoms with Crippen molar-refractivity contribution in [2.24, 2.45) is 10.9 Å². The van der Waals surface area contributed by atoms with Crippen molar-refractivity contribution in [2.75, 3.05) is 0 Å². The highest BCUT2D eigenvalue weighted by Gasteiger charge is 2.48. The van der Waals surface area contributed by atoms with Gasteiger partial charge in [-0.05, 0) is 30.5 Å². The van der Waals surface area contributed by atoms with E-state index < -0.39 is 5.92 Å². The molecule has 5 rings (SSSR count). The normalized spacial score (nSPS) is 24.1. The monoisotopic (exact) mass is 361 g/mol. The summed E-state index contributed by atoms with van der Waals surface area (Å²) in [4.78, 5) is 30.9. The van der Waals surface area contributed by atoms with Gasteiger partial charge in [-0.15, -0.1) is 0 Å². The van der Waals surface area contributed by atoms with Crippen molar-refractivity contribution in [2.45, 2.75) is 25.2 Å². The Hall–Kier alpha value is -2.52. The molecule has 0 amide bonds. The molecule has 1 aliphatic heterocycles. The number of allylic oxidation sites excluding steroid dienone is 2. The Balaban J connectivity index is 1.78. The fourth-order valence-corrected chi connectivity index (χ4v) is 4.71. The molecule has 0 saturated heterocycles. The molecule has 0 fully saturated rings. The fraction of sp³-hybridized carbons (Fsp3) is 0.227. The molecule has 2 aromatic rings. The van der Waals surface area contributed by atoms with Gasteiger partial charge in [0.05, 0.1) is 11.6 Å². The highest BCUT2D eigenvalue weighted by molar-refractivity contribution is 6.31. The van der Waals surface area contributed by atoms with Crippen LogP contribution in [0.25, 0.3) is 0 Å². The number of rotatable bonds is 1. The average Bonchev–Trinajstić information content (AvgIpc) is 2.93. The van der Waals surface area contributed by atoms with Gasteiger partial charge in [-0.25, -0.2) is 0 Å². The van der Waals surface area contributed by atoms with E-state index >= 15 is 0 Å². The molecule has 0 bridgehead atoms. The molecule has 2 aromatic carbocycles. The Labute approximate surface area is 156 Å². The Morgan fingerprint density at radius 2 is 1.73 bits per heavy atom. The second-order valence-corrected chi connectivity index (χ2v) is 7.49. The Bertz CT molecular complexity index is 1030. The van der Waals surface area contributed by atoms with E-state index in [0.717, 1.165) is 35.4 Å². The molecule has 0 radical (unpaired) electrons. The minimum Gasteiger partial charge on any atom is -0.294 e. The van der Waals surface area contributed by atoms with Crippen molar-refractivity contribution < 1.29 is 9.59 Å². The fourth-order valence-electron chi connectivity index (χ4n) is 4.51. The molecule has 4 heteroatoms. The maximum atomic E-state index is 13.2. The van der Waals surface area contributed by atoms with Crippen LogP contribution in [-0.2, 0) is 4.79 Å². The van der Waals surface area contributed by atoms with Gasteiger partial charge in [0, 0.05) is 39.8 Å². The highest BCUT2D eigenvalue weighted by atomic mass is 35.5. The summed E-state index contributed by atoms with van der Waals surface area (Å²) in [7, 11) is 0. The number of carbonyl (C=O) groups is 2. The van der Waals surface area contributed by atoms with Crippen molar-refractivity contribution in [3.05, 3.63) is 81.5 Å². The SMILES string of the molecule is O=C1CCCC2=C1[C@H](c1cccc(Cl)c1)[C@@H]1C(=O)c3ccccc3C1=N2. The topological polar surface area (TPSA) is 46.5 Å². The third-order valence-electron chi connectivity index (χ3n) is 5.58. The quantitative estimate of drug-likeness (QED) is 0.736. The standard InChI is InChI=1S/C22H16ClNO2/c23-13-6-3-5-12(11-13)18-19-16(9-4-10-17(19)25)24-21-14-7-1-2-8-15(14)22(26)20(18)21/h1-3,5-8,11,18,20H,4,9-10H2/t18-,20-/m0/s1.